The van der Waals surface area contributed by atoms with E-state index in [1.54, 1.807) is 0 Å². The van der Waals surface area contributed by atoms with Crippen molar-refractivity contribution in [2.45, 2.75) is 38.5 Å². The first-order chi connectivity index (χ1) is 9.39. The quantitative estimate of drug-likeness (QED) is 0.634. The smallest absolute Gasteiger partial charge is 0.323 e. The van der Waals surface area contributed by atoms with Crippen LogP contribution in [0.4, 0.5) is 11.9 Å². The lowest BCUT2D eigenvalue weighted by atomic mass is 10.2. The molecule has 8 heteroatoms. The molecule has 2 rings (SSSR count). The number of ether oxygens (including phenoxy) is 1. The number of nitrogens with one attached hydrogen (secondary N) is 1. The molecule has 0 spiro atoms. The highest BCUT2D eigenvalue weighted by Crippen LogP contribution is 2.31. The minimum absolute atomic E-state index is 0.00391. The summed E-state index contributed by atoms with van der Waals surface area (Å²) in [4.78, 5) is 15.0. The molecule has 1 aliphatic rings. The molecule has 0 unspecified atom stereocenters. The highest BCUT2D eigenvalue weighted by Gasteiger charge is 2.29. The molecule has 1 aromatic rings. The summed E-state index contributed by atoms with van der Waals surface area (Å²) in [6, 6.07) is 0.300. The van der Waals surface area contributed by atoms with E-state index in [1.807, 2.05) is 25.6 Å². The first kappa shape index (κ1) is 15.1. The third kappa shape index (κ3) is 3.86. The number of nitrogens with two attached hydrogens (primary N) is 1. The number of nitrogen functional groups attached to an aromatic ring is 1. The van der Waals surface area contributed by atoms with E-state index >= 15 is 0 Å². The van der Waals surface area contributed by atoms with Crippen molar-refractivity contribution in [1.82, 2.24) is 15.0 Å². The van der Waals surface area contributed by atoms with Crippen LogP contribution in [0.3, 0.4) is 0 Å². The molecule has 2 heterocycles. The van der Waals surface area contributed by atoms with Gasteiger partial charge in [0.05, 0.1) is 6.10 Å². The van der Waals surface area contributed by atoms with Gasteiger partial charge in [0.2, 0.25) is 11.9 Å². The fourth-order valence-corrected chi connectivity index (χ4v) is 3.11. The lowest BCUT2D eigenvalue weighted by Gasteiger charge is -2.37. The summed E-state index contributed by atoms with van der Waals surface area (Å²) >= 11 is 1.96. The van der Waals surface area contributed by atoms with Gasteiger partial charge in [-0.2, -0.15) is 26.7 Å². The predicted octanol–water partition coefficient (Wildman–Crippen LogP) is 1.28. The SMILES string of the molecule is CC(C)Oc1nc(NN)nc(N2CCSC(C)(C)C2)n1. The minimum atomic E-state index is 0.00391. The van der Waals surface area contributed by atoms with Crippen LogP contribution in [0.2, 0.25) is 0 Å². The fraction of sp³-hybridized carbons (Fsp3) is 0.750. The maximum Gasteiger partial charge on any atom is 0.323 e. The molecule has 20 heavy (non-hydrogen) atoms. The van der Waals surface area contributed by atoms with Gasteiger partial charge in [-0.15, -0.1) is 0 Å². The number of rotatable bonds is 4. The second-order valence-corrected chi connectivity index (χ2v) is 7.38. The third-order valence-electron chi connectivity index (χ3n) is 2.78. The second kappa shape index (κ2) is 6.01. The monoisotopic (exact) mass is 298 g/mol. The van der Waals surface area contributed by atoms with E-state index in [-0.39, 0.29) is 10.9 Å². The highest BCUT2D eigenvalue weighted by atomic mass is 32.2. The summed E-state index contributed by atoms with van der Waals surface area (Å²) in [6.45, 7) is 10.1. The van der Waals surface area contributed by atoms with Crippen molar-refractivity contribution in [3.05, 3.63) is 0 Å². The Morgan fingerprint density at radius 1 is 1.35 bits per heavy atom. The third-order valence-corrected chi connectivity index (χ3v) is 4.08. The van der Waals surface area contributed by atoms with Crippen LogP contribution in [0.1, 0.15) is 27.7 Å². The standard InChI is InChI=1S/C12H22N6OS/c1-8(2)19-11-15-9(17-13)14-10(16-11)18-5-6-20-12(3,4)7-18/h8H,5-7,13H2,1-4H3,(H,14,15,16,17). The molecule has 7 nitrogen and oxygen atoms in total. The van der Waals surface area contributed by atoms with E-state index in [4.69, 9.17) is 10.6 Å². The van der Waals surface area contributed by atoms with Gasteiger partial charge in [-0.3, -0.25) is 5.43 Å². The molecule has 1 aromatic heterocycles. The van der Waals surface area contributed by atoms with Crippen LogP contribution < -0.4 is 20.9 Å². The Labute approximate surface area is 123 Å². The zero-order valence-electron chi connectivity index (χ0n) is 12.4. The van der Waals surface area contributed by atoms with Crippen molar-refractivity contribution < 1.29 is 4.74 Å². The Balaban J connectivity index is 2.25. The predicted molar refractivity (Wildman–Crippen MR) is 82.2 cm³/mol. The molecule has 0 atom stereocenters. The molecular weight excluding hydrogens is 276 g/mol. The maximum absolute atomic E-state index is 5.55. The van der Waals surface area contributed by atoms with E-state index in [9.17, 15) is 0 Å². The number of hydrogen-bond donors (Lipinski definition) is 2. The van der Waals surface area contributed by atoms with Gasteiger partial charge in [0.1, 0.15) is 0 Å². The Kier molecular flexibility index (Phi) is 4.54. The molecule has 1 fully saturated rings. The van der Waals surface area contributed by atoms with Gasteiger partial charge in [0.25, 0.3) is 0 Å². The summed E-state index contributed by atoms with van der Waals surface area (Å²) in [6.07, 6.45) is 0.00391. The maximum atomic E-state index is 5.55. The van der Waals surface area contributed by atoms with Crippen molar-refractivity contribution in [2.24, 2.45) is 5.84 Å². The van der Waals surface area contributed by atoms with Crippen LogP contribution in [0.5, 0.6) is 6.01 Å². The first-order valence-corrected chi connectivity index (χ1v) is 7.66. The molecule has 0 amide bonds. The largest absolute Gasteiger partial charge is 0.461 e. The van der Waals surface area contributed by atoms with Crippen LogP contribution in [0.15, 0.2) is 0 Å². The number of hydrogen-bond acceptors (Lipinski definition) is 8. The van der Waals surface area contributed by atoms with Crippen molar-refractivity contribution in [3.63, 3.8) is 0 Å². The lowest BCUT2D eigenvalue weighted by Crippen LogP contribution is -2.44. The van der Waals surface area contributed by atoms with E-state index in [0.717, 1.165) is 18.8 Å². The van der Waals surface area contributed by atoms with E-state index in [2.05, 4.69) is 39.1 Å². The van der Waals surface area contributed by atoms with E-state index in [0.29, 0.717) is 17.9 Å². The first-order valence-electron chi connectivity index (χ1n) is 6.68. The number of hydrazine groups is 1. The van der Waals surface area contributed by atoms with E-state index < -0.39 is 0 Å². The van der Waals surface area contributed by atoms with E-state index in [1.165, 1.54) is 0 Å². The molecule has 0 aliphatic carbocycles. The van der Waals surface area contributed by atoms with Crippen molar-refractivity contribution in [3.8, 4) is 6.01 Å². The zero-order chi connectivity index (χ0) is 14.8. The van der Waals surface area contributed by atoms with Gasteiger partial charge in [0.15, 0.2) is 0 Å². The van der Waals surface area contributed by atoms with Crippen LogP contribution in [0.25, 0.3) is 0 Å². The number of nitrogens with zero attached hydrogens (tertiary/aromatic N) is 4. The summed E-state index contributed by atoms with van der Waals surface area (Å²) < 4.78 is 5.73. The van der Waals surface area contributed by atoms with Crippen LogP contribution in [-0.2, 0) is 0 Å². The van der Waals surface area contributed by atoms with Gasteiger partial charge in [-0.05, 0) is 27.7 Å². The molecule has 1 saturated heterocycles. The summed E-state index contributed by atoms with van der Waals surface area (Å²) in [7, 11) is 0. The van der Waals surface area contributed by atoms with Gasteiger partial charge in [-0.25, -0.2) is 5.84 Å². The molecule has 3 N–H and O–H groups in total. The van der Waals surface area contributed by atoms with Gasteiger partial charge >= 0.3 is 6.01 Å². The molecule has 0 saturated carbocycles. The number of anilines is 2. The molecular formula is C12H22N6OS. The average molecular weight is 298 g/mol. The van der Waals surface area contributed by atoms with Crippen LogP contribution in [-0.4, -0.2) is 44.6 Å². The fourth-order valence-electron chi connectivity index (χ4n) is 2.00. The molecule has 1 aliphatic heterocycles. The topological polar surface area (TPSA) is 89.2 Å². The summed E-state index contributed by atoms with van der Waals surface area (Å²) in [5.74, 6) is 7.40. The lowest BCUT2D eigenvalue weighted by molar-refractivity contribution is 0.222. The highest BCUT2D eigenvalue weighted by molar-refractivity contribution is 8.00. The Morgan fingerprint density at radius 3 is 2.70 bits per heavy atom. The number of aromatic nitrogens is 3. The molecule has 0 radical (unpaired) electrons. The Bertz CT molecular complexity index is 467. The summed E-state index contributed by atoms with van der Waals surface area (Å²) in [5, 5.41) is 0. The Hall–Kier alpha value is -1.28. The minimum Gasteiger partial charge on any atom is -0.461 e. The van der Waals surface area contributed by atoms with Crippen molar-refractivity contribution in [1.29, 1.82) is 0 Å². The molecule has 112 valence electrons. The van der Waals surface area contributed by atoms with Gasteiger partial charge < -0.3 is 9.64 Å². The van der Waals surface area contributed by atoms with Crippen LogP contribution in [0, 0.1) is 0 Å². The average Bonchev–Trinajstić information content (AvgIpc) is 2.36. The van der Waals surface area contributed by atoms with Gasteiger partial charge in [-0.1, -0.05) is 0 Å². The summed E-state index contributed by atoms with van der Waals surface area (Å²) in [5.41, 5.74) is 2.47. The van der Waals surface area contributed by atoms with Crippen LogP contribution >= 0.6 is 11.8 Å². The molecule has 0 aromatic carbocycles. The molecule has 0 bridgehead atoms. The van der Waals surface area contributed by atoms with Crippen molar-refractivity contribution >= 4 is 23.7 Å². The number of thioether (sulfide) groups is 1. The second-order valence-electron chi connectivity index (χ2n) is 5.58. The van der Waals surface area contributed by atoms with Gasteiger partial charge in [0, 0.05) is 23.6 Å². The normalized spacial score (nSPS) is 18.2. The Morgan fingerprint density at radius 2 is 2.10 bits per heavy atom. The zero-order valence-corrected chi connectivity index (χ0v) is 13.2. The van der Waals surface area contributed by atoms with Crippen molar-refractivity contribution in [2.75, 3.05) is 29.2 Å².